The molecular formula is C22H15F3N4O4. The molecular weight excluding hydrogens is 441 g/mol. The van der Waals surface area contributed by atoms with Gasteiger partial charge in [0.15, 0.2) is 5.69 Å². The molecule has 0 aliphatic rings. The molecule has 0 saturated carbocycles. The molecule has 0 bridgehead atoms. The predicted octanol–water partition coefficient (Wildman–Crippen LogP) is 3.77. The van der Waals surface area contributed by atoms with Gasteiger partial charge in [0.25, 0.3) is 0 Å². The van der Waals surface area contributed by atoms with Crippen LogP contribution in [0.3, 0.4) is 0 Å². The highest BCUT2D eigenvalue weighted by molar-refractivity contribution is 5.90. The van der Waals surface area contributed by atoms with E-state index in [1.54, 1.807) is 30.3 Å². The summed E-state index contributed by atoms with van der Waals surface area (Å²) in [5.41, 5.74) is 0.905. The van der Waals surface area contributed by atoms with E-state index in [0.717, 1.165) is 12.1 Å². The average Bonchev–Trinajstić information content (AvgIpc) is 3.28. The summed E-state index contributed by atoms with van der Waals surface area (Å²) >= 11 is 0. The summed E-state index contributed by atoms with van der Waals surface area (Å²) in [5.74, 6) is -0.960. The number of alkyl halides is 3. The van der Waals surface area contributed by atoms with E-state index in [9.17, 15) is 22.8 Å². The number of hydrogen-bond donors (Lipinski definition) is 0. The van der Waals surface area contributed by atoms with Gasteiger partial charge < -0.3 is 9.47 Å². The zero-order valence-corrected chi connectivity index (χ0v) is 17.0. The van der Waals surface area contributed by atoms with Gasteiger partial charge in [0.05, 0.1) is 35.9 Å². The monoisotopic (exact) mass is 456 g/mol. The molecule has 2 heterocycles. The Morgan fingerprint density at radius 3 is 2.52 bits per heavy atom. The van der Waals surface area contributed by atoms with Gasteiger partial charge in [0, 0.05) is 18.3 Å². The average molecular weight is 456 g/mol. The van der Waals surface area contributed by atoms with Crippen molar-refractivity contribution >= 4 is 5.97 Å². The van der Waals surface area contributed by atoms with E-state index < -0.39 is 23.5 Å². The first-order chi connectivity index (χ1) is 15.7. The Kier molecular flexibility index (Phi) is 5.69. The van der Waals surface area contributed by atoms with E-state index in [1.165, 1.54) is 47.1 Å². The maximum absolute atomic E-state index is 12.6. The second-order valence-electron chi connectivity index (χ2n) is 6.69. The van der Waals surface area contributed by atoms with Crippen molar-refractivity contribution in [2.24, 2.45) is 0 Å². The second kappa shape index (κ2) is 8.61. The van der Waals surface area contributed by atoms with Gasteiger partial charge in [0.2, 0.25) is 5.43 Å². The van der Waals surface area contributed by atoms with E-state index in [0.29, 0.717) is 11.4 Å². The highest BCUT2D eigenvalue weighted by Crippen LogP contribution is 2.25. The van der Waals surface area contributed by atoms with Crippen LogP contribution in [-0.4, -0.2) is 39.0 Å². The molecule has 0 aliphatic heterocycles. The molecule has 0 amide bonds. The van der Waals surface area contributed by atoms with E-state index in [2.05, 4.69) is 14.9 Å². The lowest BCUT2D eigenvalue weighted by molar-refractivity contribution is -0.274. The maximum atomic E-state index is 12.6. The Morgan fingerprint density at radius 2 is 1.76 bits per heavy atom. The number of hydrogen-bond acceptors (Lipinski definition) is 6. The molecule has 8 nitrogen and oxygen atoms in total. The molecule has 0 saturated heterocycles. The van der Waals surface area contributed by atoms with Crippen LogP contribution in [0.15, 0.2) is 77.9 Å². The second-order valence-corrected chi connectivity index (χ2v) is 6.69. The van der Waals surface area contributed by atoms with E-state index >= 15 is 0 Å². The molecule has 0 unspecified atom stereocenters. The van der Waals surface area contributed by atoms with E-state index in [1.807, 2.05) is 0 Å². The lowest BCUT2D eigenvalue weighted by Crippen LogP contribution is -2.17. The molecule has 2 aromatic heterocycles. The smallest absolute Gasteiger partial charge is 0.465 e. The quantitative estimate of drug-likeness (QED) is 0.425. The van der Waals surface area contributed by atoms with Crippen molar-refractivity contribution in [1.82, 2.24) is 19.6 Å². The van der Waals surface area contributed by atoms with Gasteiger partial charge in [0.1, 0.15) is 5.75 Å². The van der Waals surface area contributed by atoms with Gasteiger partial charge in [-0.2, -0.15) is 10.2 Å². The summed E-state index contributed by atoms with van der Waals surface area (Å²) in [5, 5.41) is 8.52. The molecule has 0 aliphatic carbocycles. The first-order valence-electron chi connectivity index (χ1n) is 9.44. The Balaban J connectivity index is 1.76. The number of carbonyl (C=O) groups excluding carboxylic acids is 1. The number of carbonyl (C=O) groups is 1. The molecule has 2 aromatic carbocycles. The minimum Gasteiger partial charge on any atom is -0.465 e. The third-order valence-electron chi connectivity index (χ3n) is 4.52. The molecule has 168 valence electrons. The molecule has 0 N–H and O–H groups in total. The van der Waals surface area contributed by atoms with Gasteiger partial charge in [-0.1, -0.05) is 12.1 Å². The third-order valence-corrected chi connectivity index (χ3v) is 4.52. The molecule has 0 atom stereocenters. The molecule has 33 heavy (non-hydrogen) atoms. The van der Waals surface area contributed by atoms with Crippen molar-refractivity contribution in [2.75, 3.05) is 7.11 Å². The molecule has 0 fully saturated rings. The molecule has 0 spiro atoms. The first-order valence-corrected chi connectivity index (χ1v) is 9.44. The Bertz CT molecular complexity index is 1380. The van der Waals surface area contributed by atoms with Crippen molar-refractivity contribution in [1.29, 1.82) is 0 Å². The number of halogens is 3. The van der Waals surface area contributed by atoms with Gasteiger partial charge in [-0.3, -0.25) is 4.79 Å². The predicted molar refractivity (Wildman–Crippen MR) is 110 cm³/mol. The van der Waals surface area contributed by atoms with Gasteiger partial charge in [-0.15, -0.1) is 13.2 Å². The van der Waals surface area contributed by atoms with Crippen LogP contribution in [0.1, 0.15) is 10.4 Å². The summed E-state index contributed by atoms with van der Waals surface area (Å²) in [6, 6.07) is 14.4. The Hall–Kier alpha value is -4.41. The zero-order chi connectivity index (χ0) is 23.6. The van der Waals surface area contributed by atoms with Crippen LogP contribution in [-0.2, 0) is 4.74 Å². The summed E-state index contributed by atoms with van der Waals surface area (Å²) in [4.78, 5) is 24.5. The maximum Gasteiger partial charge on any atom is 0.573 e. The van der Waals surface area contributed by atoms with Crippen LogP contribution in [0.2, 0.25) is 0 Å². The SMILES string of the molecule is COC(=O)c1cccc(-n2nccc2-c2nn(-c3cccc(OC(F)(F)F)c3)ccc2=O)c1. The first kappa shape index (κ1) is 21.8. The largest absolute Gasteiger partial charge is 0.573 e. The van der Waals surface area contributed by atoms with E-state index in [-0.39, 0.29) is 16.9 Å². The lowest BCUT2D eigenvalue weighted by atomic mass is 10.2. The van der Waals surface area contributed by atoms with Gasteiger partial charge >= 0.3 is 12.3 Å². The Morgan fingerprint density at radius 1 is 1.00 bits per heavy atom. The van der Waals surface area contributed by atoms with E-state index in [4.69, 9.17) is 4.74 Å². The topological polar surface area (TPSA) is 88.2 Å². The minimum atomic E-state index is -4.84. The number of ether oxygens (including phenoxy) is 2. The summed E-state index contributed by atoms with van der Waals surface area (Å²) in [7, 11) is 1.26. The van der Waals surface area contributed by atoms with Crippen molar-refractivity contribution in [3.05, 3.63) is 88.8 Å². The molecule has 0 radical (unpaired) electrons. The van der Waals surface area contributed by atoms with Crippen LogP contribution in [0.25, 0.3) is 22.8 Å². The van der Waals surface area contributed by atoms with Gasteiger partial charge in [-0.05, 0) is 36.4 Å². The van der Waals surface area contributed by atoms with Crippen molar-refractivity contribution in [3.63, 3.8) is 0 Å². The van der Waals surface area contributed by atoms with Crippen LogP contribution >= 0.6 is 0 Å². The number of methoxy groups -OCH3 is 1. The summed E-state index contributed by atoms with van der Waals surface area (Å²) < 4.78 is 49.0. The zero-order valence-electron chi connectivity index (χ0n) is 17.0. The lowest BCUT2D eigenvalue weighted by Gasteiger charge is -2.12. The highest BCUT2D eigenvalue weighted by atomic mass is 19.4. The number of esters is 1. The molecule has 4 rings (SSSR count). The summed E-state index contributed by atoms with van der Waals surface area (Å²) in [6.45, 7) is 0. The van der Waals surface area contributed by atoms with Crippen LogP contribution in [0, 0.1) is 0 Å². The number of rotatable bonds is 5. The van der Waals surface area contributed by atoms with Crippen LogP contribution in [0.4, 0.5) is 13.2 Å². The van der Waals surface area contributed by atoms with Crippen LogP contribution in [0.5, 0.6) is 5.75 Å². The normalized spacial score (nSPS) is 11.3. The summed E-state index contributed by atoms with van der Waals surface area (Å²) in [6.07, 6.45) is -2.06. The number of nitrogens with zero attached hydrogens (tertiary/aromatic N) is 4. The number of aromatic nitrogens is 4. The van der Waals surface area contributed by atoms with Crippen molar-refractivity contribution in [3.8, 4) is 28.5 Å². The fraction of sp³-hybridized carbons (Fsp3) is 0.0909. The Labute approximate surface area is 184 Å². The minimum absolute atomic E-state index is 0.000568. The van der Waals surface area contributed by atoms with Gasteiger partial charge in [-0.25, -0.2) is 14.2 Å². The fourth-order valence-electron chi connectivity index (χ4n) is 3.12. The standard InChI is InChI=1S/C22H15F3N4O4/c1-32-21(31)14-4-2-6-16(12-14)29-18(8-10-26-29)20-19(30)9-11-28(27-20)15-5-3-7-17(13-15)33-22(23,24)25/h2-13H,1H3. The highest BCUT2D eigenvalue weighted by Gasteiger charge is 2.31. The van der Waals surface area contributed by atoms with Crippen molar-refractivity contribution < 1.29 is 27.4 Å². The van der Waals surface area contributed by atoms with Crippen molar-refractivity contribution in [2.45, 2.75) is 6.36 Å². The van der Waals surface area contributed by atoms with Crippen LogP contribution < -0.4 is 10.2 Å². The fourth-order valence-corrected chi connectivity index (χ4v) is 3.12. The molecule has 4 aromatic rings. The number of benzene rings is 2. The molecule has 11 heteroatoms. The third kappa shape index (κ3) is 4.76.